The number of anilines is 1. The normalized spacial score (nSPS) is 21.9. The first-order chi connectivity index (χ1) is 11.5. The van der Waals surface area contributed by atoms with E-state index < -0.39 is 5.60 Å². The fourth-order valence-electron chi connectivity index (χ4n) is 3.44. The molecule has 2 aliphatic rings. The van der Waals surface area contributed by atoms with Crippen molar-refractivity contribution in [2.45, 2.75) is 45.3 Å². The van der Waals surface area contributed by atoms with Gasteiger partial charge < -0.3 is 19.9 Å². The molecule has 1 amide bonds. The van der Waals surface area contributed by atoms with Gasteiger partial charge in [0, 0.05) is 44.5 Å². The Hall–Kier alpha value is -1.82. The second-order valence-corrected chi connectivity index (χ2v) is 7.49. The minimum absolute atomic E-state index is 0.0541. The van der Waals surface area contributed by atoms with Crippen molar-refractivity contribution < 1.29 is 9.53 Å². The van der Waals surface area contributed by atoms with Crippen molar-refractivity contribution in [2.75, 3.05) is 37.6 Å². The zero-order chi connectivity index (χ0) is 17.2. The summed E-state index contributed by atoms with van der Waals surface area (Å²) in [6, 6.07) is 4.13. The Balaban J connectivity index is 1.83. The fraction of sp³-hybridized carbons (Fsp3) is 0.667. The molecular weight excluding hydrogens is 304 g/mol. The molecule has 0 aliphatic carbocycles. The number of nitrogens with one attached hydrogen (secondary N) is 1. The van der Waals surface area contributed by atoms with E-state index in [4.69, 9.17) is 4.74 Å². The fourth-order valence-corrected chi connectivity index (χ4v) is 3.44. The lowest BCUT2D eigenvalue weighted by Crippen LogP contribution is -2.44. The van der Waals surface area contributed by atoms with Crippen LogP contribution in [0.25, 0.3) is 0 Å². The van der Waals surface area contributed by atoms with Crippen molar-refractivity contribution in [3.8, 4) is 0 Å². The second-order valence-electron chi connectivity index (χ2n) is 7.49. The van der Waals surface area contributed by atoms with Crippen LogP contribution >= 0.6 is 0 Å². The topological polar surface area (TPSA) is 57.7 Å². The highest BCUT2D eigenvalue weighted by atomic mass is 16.6. The number of likely N-dealkylation sites (tertiary alicyclic amines) is 1. The summed E-state index contributed by atoms with van der Waals surface area (Å²) >= 11 is 0. The molecule has 132 valence electrons. The first-order valence-corrected chi connectivity index (χ1v) is 8.86. The van der Waals surface area contributed by atoms with Crippen LogP contribution in [-0.4, -0.2) is 54.3 Å². The molecule has 24 heavy (non-hydrogen) atoms. The van der Waals surface area contributed by atoms with Crippen LogP contribution in [-0.2, 0) is 4.74 Å². The molecule has 0 unspecified atom stereocenters. The van der Waals surface area contributed by atoms with Crippen LogP contribution in [0, 0.1) is 0 Å². The van der Waals surface area contributed by atoms with Crippen molar-refractivity contribution in [1.29, 1.82) is 0 Å². The molecule has 3 heterocycles. The summed E-state index contributed by atoms with van der Waals surface area (Å²) in [5.41, 5.74) is 0.670. The van der Waals surface area contributed by atoms with Crippen molar-refractivity contribution >= 4 is 11.9 Å². The lowest BCUT2D eigenvalue weighted by Gasteiger charge is -2.33. The number of nitrogens with zero attached hydrogens (tertiary/aromatic N) is 3. The van der Waals surface area contributed by atoms with E-state index in [2.05, 4.69) is 21.3 Å². The van der Waals surface area contributed by atoms with Gasteiger partial charge in [0.2, 0.25) is 0 Å². The average Bonchev–Trinajstić information content (AvgIpc) is 3.04. The summed E-state index contributed by atoms with van der Waals surface area (Å²) in [6.45, 7) is 10.3. The van der Waals surface area contributed by atoms with Gasteiger partial charge in [-0.1, -0.05) is 6.07 Å². The number of piperazine rings is 1. The van der Waals surface area contributed by atoms with E-state index in [1.54, 1.807) is 0 Å². The Morgan fingerprint density at radius 2 is 2.04 bits per heavy atom. The number of aromatic nitrogens is 1. The van der Waals surface area contributed by atoms with Gasteiger partial charge in [0.15, 0.2) is 0 Å². The highest BCUT2D eigenvalue weighted by molar-refractivity contribution is 5.70. The van der Waals surface area contributed by atoms with Crippen LogP contribution in [0.4, 0.5) is 10.6 Å². The summed E-state index contributed by atoms with van der Waals surface area (Å²) in [7, 11) is 0. The number of ether oxygens (including phenoxy) is 1. The van der Waals surface area contributed by atoms with Crippen molar-refractivity contribution in [3.63, 3.8) is 0 Å². The van der Waals surface area contributed by atoms with E-state index >= 15 is 0 Å². The molecule has 6 nitrogen and oxygen atoms in total. The average molecular weight is 332 g/mol. The van der Waals surface area contributed by atoms with Gasteiger partial charge in [0.1, 0.15) is 11.4 Å². The highest BCUT2D eigenvalue weighted by Crippen LogP contribution is 2.37. The predicted octanol–water partition coefficient (Wildman–Crippen LogP) is 2.56. The zero-order valence-corrected chi connectivity index (χ0v) is 14.9. The zero-order valence-electron chi connectivity index (χ0n) is 14.9. The molecule has 0 bridgehead atoms. The number of pyridine rings is 1. The van der Waals surface area contributed by atoms with Gasteiger partial charge >= 0.3 is 6.09 Å². The standard InChI is InChI=1S/C18H28N4O2/c1-18(2,3)24-17(23)22-11-5-7-15(22)14-6-4-8-20-16(14)21-12-9-19-10-13-21/h4,6,8,15,19H,5,7,9-13H2,1-3H3/t15-/m0/s1. The third-order valence-electron chi connectivity index (χ3n) is 4.47. The van der Waals surface area contributed by atoms with Crippen LogP contribution < -0.4 is 10.2 Å². The maximum Gasteiger partial charge on any atom is 0.410 e. The van der Waals surface area contributed by atoms with Crippen molar-refractivity contribution in [1.82, 2.24) is 15.2 Å². The number of carbonyl (C=O) groups is 1. The van der Waals surface area contributed by atoms with E-state index in [9.17, 15) is 4.79 Å². The first-order valence-electron chi connectivity index (χ1n) is 8.86. The molecule has 2 fully saturated rings. The number of carbonyl (C=O) groups excluding carboxylic acids is 1. The summed E-state index contributed by atoms with van der Waals surface area (Å²) in [6.07, 6.45) is 3.58. The van der Waals surface area contributed by atoms with Crippen LogP contribution in [0.2, 0.25) is 0 Å². The molecular formula is C18H28N4O2. The van der Waals surface area contributed by atoms with E-state index in [0.717, 1.165) is 56.9 Å². The second kappa shape index (κ2) is 6.97. The van der Waals surface area contributed by atoms with Gasteiger partial charge in [-0.15, -0.1) is 0 Å². The first kappa shape index (κ1) is 17.0. The van der Waals surface area contributed by atoms with E-state index in [1.807, 2.05) is 37.9 Å². The monoisotopic (exact) mass is 332 g/mol. The predicted molar refractivity (Wildman–Crippen MR) is 94.2 cm³/mol. The van der Waals surface area contributed by atoms with Crippen molar-refractivity contribution in [3.05, 3.63) is 23.9 Å². The molecule has 1 aromatic heterocycles. The van der Waals surface area contributed by atoms with Gasteiger partial charge in [-0.3, -0.25) is 0 Å². The largest absolute Gasteiger partial charge is 0.444 e. The molecule has 1 N–H and O–H groups in total. The lowest BCUT2D eigenvalue weighted by molar-refractivity contribution is 0.0224. The Bertz CT molecular complexity index is 579. The van der Waals surface area contributed by atoms with Crippen LogP contribution in [0.3, 0.4) is 0 Å². The molecule has 1 atom stereocenters. The Morgan fingerprint density at radius 3 is 2.75 bits per heavy atom. The summed E-state index contributed by atoms with van der Waals surface area (Å²) in [4.78, 5) is 21.4. The highest BCUT2D eigenvalue weighted by Gasteiger charge is 2.35. The molecule has 0 spiro atoms. The summed E-state index contributed by atoms with van der Waals surface area (Å²) in [5.74, 6) is 1.01. The molecule has 0 aromatic carbocycles. The molecule has 2 saturated heterocycles. The molecule has 0 radical (unpaired) electrons. The maximum atomic E-state index is 12.6. The molecule has 0 saturated carbocycles. The minimum atomic E-state index is -0.472. The van der Waals surface area contributed by atoms with Gasteiger partial charge in [0.25, 0.3) is 0 Å². The Labute approximate surface area is 144 Å². The molecule has 1 aromatic rings. The van der Waals surface area contributed by atoms with E-state index in [0.29, 0.717) is 0 Å². The van der Waals surface area contributed by atoms with Gasteiger partial charge in [0.05, 0.1) is 6.04 Å². The van der Waals surface area contributed by atoms with Gasteiger partial charge in [-0.25, -0.2) is 9.78 Å². The van der Waals surface area contributed by atoms with Crippen molar-refractivity contribution in [2.24, 2.45) is 0 Å². The van der Waals surface area contributed by atoms with Crippen LogP contribution in [0.15, 0.2) is 18.3 Å². The molecule has 2 aliphatic heterocycles. The number of hydrogen-bond acceptors (Lipinski definition) is 5. The van der Waals surface area contributed by atoms with Gasteiger partial charge in [-0.2, -0.15) is 0 Å². The van der Waals surface area contributed by atoms with E-state index in [-0.39, 0.29) is 12.1 Å². The number of hydrogen-bond donors (Lipinski definition) is 1. The van der Waals surface area contributed by atoms with Gasteiger partial charge in [-0.05, 0) is 39.7 Å². The lowest BCUT2D eigenvalue weighted by atomic mass is 10.0. The summed E-state index contributed by atoms with van der Waals surface area (Å²) in [5, 5.41) is 3.37. The summed E-state index contributed by atoms with van der Waals surface area (Å²) < 4.78 is 5.60. The molecule has 6 heteroatoms. The quantitative estimate of drug-likeness (QED) is 0.902. The third kappa shape index (κ3) is 3.80. The Kier molecular flexibility index (Phi) is 4.94. The number of amides is 1. The molecule has 3 rings (SSSR count). The smallest absolute Gasteiger partial charge is 0.410 e. The Morgan fingerprint density at radius 1 is 1.29 bits per heavy atom. The third-order valence-corrected chi connectivity index (χ3v) is 4.47. The minimum Gasteiger partial charge on any atom is -0.444 e. The van der Waals surface area contributed by atoms with Crippen LogP contribution in [0.5, 0.6) is 0 Å². The maximum absolute atomic E-state index is 12.6. The SMILES string of the molecule is CC(C)(C)OC(=O)N1CCC[C@H]1c1cccnc1N1CCNCC1. The van der Waals surface area contributed by atoms with Crippen LogP contribution in [0.1, 0.15) is 45.2 Å². The number of rotatable bonds is 2. The van der Waals surface area contributed by atoms with E-state index in [1.165, 1.54) is 0 Å².